The molecule has 1 aromatic heterocycles. The minimum absolute atomic E-state index is 0.0400. The number of aliphatic hydroxyl groups is 1. The van der Waals surface area contributed by atoms with Crippen LogP contribution in [0.2, 0.25) is 0 Å². The first-order valence-corrected chi connectivity index (χ1v) is 7.66. The van der Waals surface area contributed by atoms with Crippen LogP contribution in [0.15, 0.2) is 22.2 Å². The Morgan fingerprint density at radius 2 is 2.36 bits per heavy atom. The molecule has 2 heterocycles. The first-order valence-electron chi connectivity index (χ1n) is 7.66. The third kappa shape index (κ3) is 3.43. The van der Waals surface area contributed by atoms with Gasteiger partial charge in [0.05, 0.1) is 12.5 Å². The molecular formula is C14H20N6O5. The maximum absolute atomic E-state index is 12.1. The van der Waals surface area contributed by atoms with Crippen molar-refractivity contribution in [1.29, 1.82) is 0 Å². The topological polar surface area (TPSA) is 165 Å². The third-order valence-electron chi connectivity index (χ3n) is 3.98. The van der Waals surface area contributed by atoms with Gasteiger partial charge in [-0.1, -0.05) is 25.9 Å². The van der Waals surface area contributed by atoms with Gasteiger partial charge in [-0.15, -0.1) is 0 Å². The van der Waals surface area contributed by atoms with E-state index in [1.54, 1.807) is 20.8 Å². The van der Waals surface area contributed by atoms with Crippen LogP contribution in [0, 0.1) is 11.8 Å². The molecule has 25 heavy (non-hydrogen) atoms. The highest BCUT2D eigenvalue weighted by molar-refractivity contribution is 5.71. The van der Waals surface area contributed by atoms with E-state index in [1.165, 1.54) is 12.3 Å². The number of hydrogen-bond acceptors (Lipinski definition) is 8. The van der Waals surface area contributed by atoms with Crippen LogP contribution in [-0.4, -0.2) is 39.1 Å². The fourth-order valence-corrected chi connectivity index (χ4v) is 2.65. The molecule has 1 saturated heterocycles. The van der Waals surface area contributed by atoms with Gasteiger partial charge in [0.1, 0.15) is 18.1 Å². The average molecular weight is 352 g/mol. The molecule has 1 aromatic rings. The molecule has 1 fully saturated rings. The fraction of sp³-hybridized carbons (Fsp3) is 0.643. The molecule has 0 spiro atoms. The Labute approximate surface area is 143 Å². The number of hydrogen-bond donors (Lipinski definition) is 2. The van der Waals surface area contributed by atoms with Gasteiger partial charge in [0.2, 0.25) is 5.72 Å². The van der Waals surface area contributed by atoms with Crippen LogP contribution >= 0.6 is 0 Å². The summed E-state index contributed by atoms with van der Waals surface area (Å²) in [6.07, 6.45) is -0.683. The van der Waals surface area contributed by atoms with Gasteiger partial charge in [0.25, 0.3) is 0 Å². The van der Waals surface area contributed by atoms with Crippen molar-refractivity contribution < 1.29 is 19.4 Å². The number of carbonyl (C=O) groups excluding carboxylic acids is 1. The second-order valence-electron chi connectivity index (χ2n) is 6.11. The number of esters is 1. The summed E-state index contributed by atoms with van der Waals surface area (Å²) in [4.78, 5) is 30.4. The summed E-state index contributed by atoms with van der Waals surface area (Å²) in [5, 5.41) is 13.3. The van der Waals surface area contributed by atoms with Crippen molar-refractivity contribution >= 4 is 11.8 Å². The molecule has 2 rings (SSSR count). The van der Waals surface area contributed by atoms with Crippen LogP contribution in [0.1, 0.15) is 27.0 Å². The maximum Gasteiger partial charge on any atom is 0.351 e. The monoisotopic (exact) mass is 352 g/mol. The number of nitrogens with zero attached hydrogens (tertiary/aromatic N) is 5. The quantitative estimate of drug-likeness (QED) is 0.338. The van der Waals surface area contributed by atoms with Gasteiger partial charge < -0.3 is 20.3 Å². The van der Waals surface area contributed by atoms with Gasteiger partial charge >= 0.3 is 11.7 Å². The Morgan fingerprint density at radius 3 is 2.88 bits per heavy atom. The number of aromatic nitrogens is 2. The zero-order valence-electron chi connectivity index (χ0n) is 14.1. The van der Waals surface area contributed by atoms with Gasteiger partial charge in [-0.3, -0.25) is 9.36 Å². The Morgan fingerprint density at radius 1 is 1.68 bits per heavy atom. The molecule has 0 bridgehead atoms. The lowest BCUT2D eigenvalue weighted by molar-refractivity contribution is -0.170. The standard InChI is InChI=1S/C14H20N6O5/c1-7(2)12(22)24-10-8(3)11(25-14(10,6-21)18-19-16)20-5-4-9(15)17-13(20)23/h4-5,7-8,10-11,21H,6H2,1-3H3,(H2,15,17,23)/t8-,10-,11?,14?/m0/s1. The molecule has 0 aliphatic carbocycles. The van der Waals surface area contributed by atoms with E-state index in [9.17, 15) is 14.7 Å². The highest BCUT2D eigenvalue weighted by atomic mass is 16.6. The number of nitrogens with two attached hydrogens (primary N) is 1. The van der Waals surface area contributed by atoms with Crippen molar-refractivity contribution in [2.45, 2.75) is 38.8 Å². The normalized spacial score (nSPS) is 28.6. The second kappa shape index (κ2) is 7.09. The molecule has 2 unspecified atom stereocenters. The Balaban J connectivity index is 2.47. The number of ether oxygens (including phenoxy) is 2. The van der Waals surface area contributed by atoms with Crippen molar-refractivity contribution in [3.05, 3.63) is 33.2 Å². The molecule has 0 aromatic carbocycles. The second-order valence-corrected chi connectivity index (χ2v) is 6.11. The SMILES string of the molecule is CC(C)C(=O)O[C@H]1[C@H](C)C(n2ccc(N)nc2=O)OC1(CO)N=[N+]=[N-]. The van der Waals surface area contributed by atoms with Crippen molar-refractivity contribution in [3.8, 4) is 0 Å². The summed E-state index contributed by atoms with van der Waals surface area (Å²) < 4.78 is 12.2. The fourth-order valence-electron chi connectivity index (χ4n) is 2.65. The van der Waals surface area contributed by atoms with E-state index >= 15 is 0 Å². The summed E-state index contributed by atoms with van der Waals surface area (Å²) in [7, 11) is 0. The predicted molar refractivity (Wildman–Crippen MR) is 85.9 cm³/mol. The number of anilines is 1. The molecule has 11 nitrogen and oxygen atoms in total. The lowest BCUT2D eigenvalue weighted by Gasteiger charge is -2.28. The average Bonchev–Trinajstić information content (AvgIpc) is 2.81. The number of nitrogen functional groups attached to an aromatic ring is 1. The highest BCUT2D eigenvalue weighted by Gasteiger charge is 2.56. The van der Waals surface area contributed by atoms with E-state index in [0.717, 1.165) is 4.57 Å². The van der Waals surface area contributed by atoms with Crippen LogP contribution < -0.4 is 11.4 Å². The highest BCUT2D eigenvalue weighted by Crippen LogP contribution is 2.43. The number of rotatable bonds is 5. The number of aliphatic hydroxyl groups excluding tert-OH is 1. The molecule has 0 radical (unpaired) electrons. The van der Waals surface area contributed by atoms with Crippen molar-refractivity contribution in [1.82, 2.24) is 9.55 Å². The van der Waals surface area contributed by atoms with Gasteiger partial charge in [-0.05, 0) is 11.6 Å². The van der Waals surface area contributed by atoms with Crippen molar-refractivity contribution in [2.24, 2.45) is 17.0 Å². The number of carbonyl (C=O) groups is 1. The lowest BCUT2D eigenvalue weighted by atomic mass is 9.97. The molecule has 0 amide bonds. The Hall–Kier alpha value is -2.62. The van der Waals surface area contributed by atoms with E-state index in [1.807, 2.05) is 0 Å². The van der Waals surface area contributed by atoms with E-state index in [-0.39, 0.29) is 5.82 Å². The first-order chi connectivity index (χ1) is 11.8. The minimum atomic E-state index is -1.84. The molecule has 136 valence electrons. The van der Waals surface area contributed by atoms with E-state index in [4.69, 9.17) is 20.7 Å². The summed E-state index contributed by atoms with van der Waals surface area (Å²) >= 11 is 0. The lowest BCUT2D eigenvalue weighted by Crippen LogP contribution is -2.45. The zero-order valence-corrected chi connectivity index (χ0v) is 14.1. The smallest absolute Gasteiger partial charge is 0.351 e. The Bertz CT molecular complexity index is 758. The largest absolute Gasteiger partial charge is 0.458 e. The number of azide groups is 1. The maximum atomic E-state index is 12.1. The third-order valence-corrected chi connectivity index (χ3v) is 3.98. The van der Waals surface area contributed by atoms with Crippen molar-refractivity contribution in [2.75, 3.05) is 12.3 Å². The van der Waals surface area contributed by atoms with Gasteiger partial charge in [0.15, 0.2) is 0 Å². The summed E-state index contributed by atoms with van der Waals surface area (Å²) in [5.41, 5.74) is 11.8. The molecular weight excluding hydrogens is 332 g/mol. The first kappa shape index (κ1) is 18.7. The van der Waals surface area contributed by atoms with E-state index in [0.29, 0.717) is 0 Å². The van der Waals surface area contributed by atoms with Gasteiger partial charge in [0, 0.05) is 17.0 Å². The molecule has 4 atom stereocenters. The predicted octanol–water partition coefficient (Wildman–Crippen LogP) is 0.557. The molecule has 0 saturated carbocycles. The van der Waals surface area contributed by atoms with Crippen LogP contribution in [0.4, 0.5) is 5.82 Å². The van der Waals surface area contributed by atoms with Crippen LogP contribution in [0.5, 0.6) is 0 Å². The molecule has 3 N–H and O–H groups in total. The Kier molecular flexibility index (Phi) is 5.31. The van der Waals surface area contributed by atoms with Crippen molar-refractivity contribution in [3.63, 3.8) is 0 Å². The molecule has 1 aliphatic heterocycles. The molecule has 11 heteroatoms. The van der Waals surface area contributed by atoms with Gasteiger partial charge in [-0.2, -0.15) is 4.98 Å². The van der Waals surface area contributed by atoms with Crippen LogP contribution in [0.3, 0.4) is 0 Å². The van der Waals surface area contributed by atoms with Crippen LogP contribution in [0.25, 0.3) is 10.4 Å². The summed E-state index contributed by atoms with van der Waals surface area (Å²) in [6.45, 7) is 4.20. The summed E-state index contributed by atoms with van der Waals surface area (Å²) in [5.74, 6) is -1.55. The van der Waals surface area contributed by atoms with E-state index < -0.39 is 48.2 Å². The van der Waals surface area contributed by atoms with Gasteiger partial charge in [-0.25, -0.2) is 4.79 Å². The van der Waals surface area contributed by atoms with E-state index in [2.05, 4.69) is 15.0 Å². The zero-order chi connectivity index (χ0) is 18.8. The summed E-state index contributed by atoms with van der Waals surface area (Å²) in [6, 6.07) is 1.40. The minimum Gasteiger partial charge on any atom is -0.458 e. The van der Waals surface area contributed by atoms with Crippen LogP contribution in [-0.2, 0) is 14.3 Å². The molecule has 1 aliphatic rings.